The number of anilines is 1. The van der Waals surface area contributed by atoms with Crippen molar-refractivity contribution in [3.05, 3.63) is 29.8 Å². The summed E-state index contributed by atoms with van der Waals surface area (Å²) in [7, 11) is 0. The fourth-order valence-electron chi connectivity index (χ4n) is 2.27. The lowest BCUT2D eigenvalue weighted by Gasteiger charge is -2.23. The van der Waals surface area contributed by atoms with E-state index in [9.17, 15) is 13.2 Å². The maximum atomic E-state index is 12.4. The van der Waals surface area contributed by atoms with Crippen LogP contribution in [0.1, 0.15) is 24.4 Å². The fraction of sp³-hybridized carbons (Fsp3) is 0.538. The molecule has 0 bridgehead atoms. The van der Waals surface area contributed by atoms with Crippen molar-refractivity contribution in [2.45, 2.75) is 31.2 Å². The number of nitrogens with zero attached hydrogens (tertiary/aromatic N) is 1. The van der Waals surface area contributed by atoms with Crippen LogP contribution in [-0.2, 0) is 0 Å². The molecule has 106 valence electrons. The summed E-state index contributed by atoms with van der Waals surface area (Å²) in [5, 5.41) is 9.13. The SMILES string of the molecule is N[C@@H](c1ccc(N2CCCC2)cc1)[C@H](O)C(F)(F)F. The van der Waals surface area contributed by atoms with Crippen LogP contribution >= 0.6 is 0 Å². The molecular formula is C13H17F3N2O. The van der Waals surface area contributed by atoms with Crippen LogP contribution in [0.4, 0.5) is 18.9 Å². The zero-order valence-corrected chi connectivity index (χ0v) is 10.4. The van der Waals surface area contributed by atoms with Crippen molar-refractivity contribution in [1.29, 1.82) is 0 Å². The van der Waals surface area contributed by atoms with Gasteiger partial charge in [-0.2, -0.15) is 13.2 Å². The molecule has 1 aliphatic rings. The lowest BCUT2D eigenvalue weighted by Crippen LogP contribution is -2.38. The van der Waals surface area contributed by atoms with Gasteiger partial charge in [0.1, 0.15) is 0 Å². The van der Waals surface area contributed by atoms with Gasteiger partial charge in [-0.25, -0.2) is 0 Å². The first-order valence-electron chi connectivity index (χ1n) is 6.25. The molecule has 19 heavy (non-hydrogen) atoms. The molecule has 0 spiro atoms. The van der Waals surface area contributed by atoms with E-state index in [0.717, 1.165) is 31.6 Å². The van der Waals surface area contributed by atoms with Gasteiger partial charge in [-0.05, 0) is 30.5 Å². The zero-order chi connectivity index (χ0) is 14.0. The Labute approximate surface area is 109 Å². The molecule has 0 saturated carbocycles. The Balaban J connectivity index is 2.09. The Kier molecular flexibility index (Phi) is 4.01. The number of rotatable bonds is 3. The number of aliphatic hydroxyl groups excluding tert-OH is 1. The molecular weight excluding hydrogens is 257 g/mol. The molecule has 1 fully saturated rings. The highest BCUT2D eigenvalue weighted by Gasteiger charge is 2.42. The lowest BCUT2D eigenvalue weighted by atomic mass is 10.0. The highest BCUT2D eigenvalue weighted by atomic mass is 19.4. The number of halogens is 3. The van der Waals surface area contributed by atoms with Crippen molar-refractivity contribution >= 4 is 5.69 Å². The Morgan fingerprint density at radius 2 is 1.63 bits per heavy atom. The molecule has 0 amide bonds. The van der Waals surface area contributed by atoms with Gasteiger partial charge in [0, 0.05) is 18.8 Å². The second-order valence-electron chi connectivity index (χ2n) is 4.80. The van der Waals surface area contributed by atoms with Gasteiger partial charge in [-0.3, -0.25) is 0 Å². The third-order valence-corrected chi connectivity index (χ3v) is 3.42. The van der Waals surface area contributed by atoms with Crippen molar-refractivity contribution in [3.8, 4) is 0 Å². The summed E-state index contributed by atoms with van der Waals surface area (Å²) in [5.41, 5.74) is 6.71. The van der Waals surface area contributed by atoms with Crippen LogP contribution in [-0.4, -0.2) is 30.5 Å². The molecule has 1 aromatic carbocycles. The summed E-state index contributed by atoms with van der Waals surface area (Å²) < 4.78 is 37.1. The van der Waals surface area contributed by atoms with Gasteiger partial charge in [0.05, 0.1) is 6.04 Å². The summed E-state index contributed by atoms with van der Waals surface area (Å²) in [6, 6.07) is 5.15. The van der Waals surface area contributed by atoms with E-state index in [1.165, 1.54) is 0 Å². The molecule has 3 nitrogen and oxygen atoms in total. The van der Waals surface area contributed by atoms with Gasteiger partial charge >= 0.3 is 6.18 Å². The number of benzene rings is 1. The lowest BCUT2D eigenvalue weighted by molar-refractivity contribution is -0.210. The average Bonchev–Trinajstić information content (AvgIpc) is 2.90. The van der Waals surface area contributed by atoms with E-state index < -0.39 is 18.3 Å². The summed E-state index contributed by atoms with van der Waals surface area (Å²) in [4.78, 5) is 2.18. The first-order valence-corrected chi connectivity index (χ1v) is 6.25. The number of aliphatic hydroxyl groups is 1. The Morgan fingerprint density at radius 3 is 2.11 bits per heavy atom. The molecule has 1 saturated heterocycles. The Hall–Kier alpha value is -1.27. The molecule has 2 atom stereocenters. The number of hydrogen-bond donors (Lipinski definition) is 2. The van der Waals surface area contributed by atoms with Crippen molar-refractivity contribution in [2.24, 2.45) is 5.73 Å². The normalized spacial score (nSPS) is 19.5. The topological polar surface area (TPSA) is 49.5 Å². The van der Waals surface area contributed by atoms with Crippen LogP contribution < -0.4 is 10.6 Å². The van der Waals surface area contributed by atoms with Crippen LogP contribution in [0.15, 0.2) is 24.3 Å². The molecule has 1 heterocycles. The van der Waals surface area contributed by atoms with Crippen molar-refractivity contribution in [2.75, 3.05) is 18.0 Å². The van der Waals surface area contributed by atoms with Gasteiger partial charge in [-0.1, -0.05) is 12.1 Å². The minimum Gasteiger partial charge on any atom is -0.382 e. The van der Waals surface area contributed by atoms with Gasteiger partial charge in [0.2, 0.25) is 0 Å². The van der Waals surface area contributed by atoms with Crippen LogP contribution in [0.25, 0.3) is 0 Å². The Morgan fingerprint density at radius 1 is 1.11 bits per heavy atom. The van der Waals surface area contributed by atoms with Gasteiger partial charge in [0.25, 0.3) is 0 Å². The summed E-state index contributed by atoms with van der Waals surface area (Å²) in [5.74, 6) is 0. The summed E-state index contributed by atoms with van der Waals surface area (Å²) in [6.45, 7) is 1.94. The van der Waals surface area contributed by atoms with Crippen molar-refractivity contribution in [1.82, 2.24) is 0 Å². The molecule has 0 aliphatic carbocycles. The predicted octanol–water partition coefficient (Wildman–Crippen LogP) is 2.21. The molecule has 1 aromatic rings. The smallest absolute Gasteiger partial charge is 0.382 e. The van der Waals surface area contributed by atoms with Gasteiger partial charge in [0.15, 0.2) is 6.10 Å². The highest BCUT2D eigenvalue weighted by Crippen LogP contribution is 2.30. The quantitative estimate of drug-likeness (QED) is 0.888. The standard InChI is InChI=1S/C13H17F3N2O/c14-13(15,16)12(19)11(17)9-3-5-10(6-4-9)18-7-1-2-8-18/h3-6,11-12,19H,1-2,7-8,17H2/t11-,12-/m0/s1. The van der Waals surface area contributed by atoms with E-state index in [2.05, 4.69) is 4.90 Å². The van der Waals surface area contributed by atoms with Crippen molar-refractivity contribution in [3.63, 3.8) is 0 Å². The third-order valence-electron chi connectivity index (χ3n) is 3.42. The van der Waals surface area contributed by atoms with Gasteiger partial charge < -0.3 is 15.7 Å². The molecule has 0 unspecified atom stereocenters. The van der Waals surface area contributed by atoms with Crippen LogP contribution in [0, 0.1) is 0 Å². The average molecular weight is 274 g/mol. The molecule has 0 aromatic heterocycles. The zero-order valence-electron chi connectivity index (χ0n) is 10.4. The minimum atomic E-state index is -4.70. The largest absolute Gasteiger partial charge is 0.416 e. The van der Waals surface area contributed by atoms with E-state index in [1.807, 2.05) is 0 Å². The summed E-state index contributed by atoms with van der Waals surface area (Å²) >= 11 is 0. The van der Waals surface area contributed by atoms with E-state index >= 15 is 0 Å². The van der Waals surface area contributed by atoms with Gasteiger partial charge in [-0.15, -0.1) is 0 Å². The number of nitrogens with two attached hydrogens (primary N) is 1. The molecule has 0 radical (unpaired) electrons. The number of alkyl halides is 3. The highest BCUT2D eigenvalue weighted by molar-refractivity contribution is 5.48. The monoisotopic (exact) mass is 274 g/mol. The fourth-order valence-corrected chi connectivity index (χ4v) is 2.27. The predicted molar refractivity (Wildman–Crippen MR) is 66.9 cm³/mol. The summed E-state index contributed by atoms with van der Waals surface area (Å²) in [6.07, 6.45) is -4.97. The van der Waals surface area contributed by atoms with Crippen LogP contribution in [0.3, 0.4) is 0 Å². The molecule has 1 aliphatic heterocycles. The second kappa shape index (κ2) is 5.38. The second-order valence-corrected chi connectivity index (χ2v) is 4.80. The third kappa shape index (κ3) is 3.19. The number of hydrogen-bond acceptors (Lipinski definition) is 3. The van der Waals surface area contributed by atoms with E-state index in [-0.39, 0.29) is 5.56 Å². The van der Waals surface area contributed by atoms with E-state index in [4.69, 9.17) is 10.8 Å². The van der Waals surface area contributed by atoms with Crippen LogP contribution in [0.2, 0.25) is 0 Å². The van der Waals surface area contributed by atoms with E-state index in [0.29, 0.717) is 0 Å². The van der Waals surface area contributed by atoms with Crippen molar-refractivity contribution < 1.29 is 18.3 Å². The first kappa shape index (κ1) is 14.1. The maximum Gasteiger partial charge on any atom is 0.416 e. The molecule has 3 N–H and O–H groups in total. The Bertz CT molecular complexity index is 413. The van der Waals surface area contributed by atoms with E-state index in [1.54, 1.807) is 24.3 Å². The first-order chi connectivity index (χ1) is 8.89. The maximum absolute atomic E-state index is 12.4. The van der Waals surface area contributed by atoms with Crippen LogP contribution in [0.5, 0.6) is 0 Å². The minimum absolute atomic E-state index is 0.285. The molecule has 6 heteroatoms. The molecule has 2 rings (SSSR count).